The maximum absolute atomic E-state index is 13.5. The Morgan fingerprint density at radius 1 is 0.833 bits per heavy atom. The van der Waals surface area contributed by atoms with Crippen LogP contribution in [0.5, 0.6) is 0 Å². The van der Waals surface area contributed by atoms with Crippen molar-refractivity contribution in [2.75, 3.05) is 13.1 Å². The highest BCUT2D eigenvalue weighted by Gasteiger charge is 2.18. The lowest BCUT2D eigenvalue weighted by atomic mass is 10.1. The second-order valence-corrected chi connectivity index (χ2v) is 5.10. The summed E-state index contributed by atoms with van der Waals surface area (Å²) in [7, 11) is 0. The van der Waals surface area contributed by atoms with Crippen molar-refractivity contribution in [1.82, 2.24) is 10.6 Å². The summed E-state index contributed by atoms with van der Waals surface area (Å²) in [4.78, 5) is 23.6. The quantitative estimate of drug-likeness (QED) is 0.651. The molecule has 0 aromatic heterocycles. The molecule has 4 nitrogen and oxygen atoms in total. The minimum absolute atomic E-state index is 0.00880. The van der Waals surface area contributed by atoms with Gasteiger partial charge in [0.25, 0.3) is 11.8 Å². The molecule has 126 valence electrons. The molecule has 0 unspecified atom stereocenters. The number of nitrogens with one attached hydrogen (secondary N) is 2. The molecule has 2 amide bonds. The third kappa shape index (κ3) is 4.13. The van der Waals surface area contributed by atoms with Crippen LogP contribution in [0.25, 0.3) is 0 Å². The van der Waals surface area contributed by atoms with Gasteiger partial charge in [0.2, 0.25) is 0 Å². The molecule has 7 heteroatoms. The van der Waals surface area contributed by atoms with Crippen molar-refractivity contribution in [2.45, 2.75) is 6.92 Å². The van der Waals surface area contributed by atoms with Gasteiger partial charge in [-0.25, -0.2) is 13.2 Å². The van der Waals surface area contributed by atoms with E-state index in [0.29, 0.717) is 11.6 Å². The van der Waals surface area contributed by atoms with E-state index < -0.39 is 28.9 Å². The van der Waals surface area contributed by atoms with E-state index in [0.717, 1.165) is 11.6 Å². The number of aryl methyl sites for hydroxylation is 1. The number of halogens is 3. The van der Waals surface area contributed by atoms with Gasteiger partial charge in [0.1, 0.15) is 0 Å². The largest absolute Gasteiger partial charge is 0.350 e. The molecule has 0 spiro atoms. The van der Waals surface area contributed by atoms with Crippen LogP contribution in [0.3, 0.4) is 0 Å². The summed E-state index contributed by atoms with van der Waals surface area (Å²) in [6.45, 7) is 2.01. The highest BCUT2D eigenvalue weighted by Crippen LogP contribution is 2.14. The molecule has 0 heterocycles. The minimum atomic E-state index is -1.70. The van der Waals surface area contributed by atoms with E-state index in [2.05, 4.69) is 10.6 Å². The van der Waals surface area contributed by atoms with Gasteiger partial charge in [-0.3, -0.25) is 9.59 Å². The lowest BCUT2D eigenvalue weighted by molar-refractivity contribution is 0.0924. The Balaban J connectivity index is 1.84. The molecular formula is C17H15F3N2O2. The molecule has 0 aliphatic carbocycles. The average molecular weight is 336 g/mol. The zero-order chi connectivity index (χ0) is 17.7. The van der Waals surface area contributed by atoms with Crippen LogP contribution in [-0.4, -0.2) is 24.9 Å². The zero-order valence-electron chi connectivity index (χ0n) is 12.8. The predicted octanol–water partition coefficient (Wildman–Crippen LogP) is 2.57. The molecule has 0 saturated carbocycles. The van der Waals surface area contributed by atoms with E-state index in [1.165, 1.54) is 0 Å². The standard InChI is InChI=1S/C17H15F3N2O2/c1-10-2-4-11(5-3-10)16(23)21-8-9-22-17(24)12-6-7-13(18)15(20)14(12)19/h2-7H,8-9H2,1H3,(H,21,23)(H,22,24). The molecule has 0 bridgehead atoms. The Hall–Kier alpha value is -2.83. The summed E-state index contributed by atoms with van der Waals surface area (Å²) in [6, 6.07) is 8.45. The van der Waals surface area contributed by atoms with Crippen LogP contribution in [0.2, 0.25) is 0 Å². The second kappa shape index (κ2) is 7.63. The number of benzene rings is 2. The maximum Gasteiger partial charge on any atom is 0.254 e. The summed E-state index contributed by atoms with van der Waals surface area (Å²) in [5.74, 6) is -5.82. The van der Waals surface area contributed by atoms with Gasteiger partial charge in [0, 0.05) is 18.7 Å². The summed E-state index contributed by atoms with van der Waals surface area (Å²) in [6.07, 6.45) is 0. The molecule has 0 radical (unpaired) electrons. The van der Waals surface area contributed by atoms with Crippen LogP contribution >= 0.6 is 0 Å². The van der Waals surface area contributed by atoms with Crippen molar-refractivity contribution >= 4 is 11.8 Å². The summed E-state index contributed by atoms with van der Waals surface area (Å²) < 4.78 is 39.3. The summed E-state index contributed by atoms with van der Waals surface area (Å²) >= 11 is 0. The van der Waals surface area contributed by atoms with E-state index in [9.17, 15) is 22.8 Å². The van der Waals surface area contributed by atoms with Crippen LogP contribution in [-0.2, 0) is 0 Å². The first-order valence-corrected chi connectivity index (χ1v) is 7.16. The van der Waals surface area contributed by atoms with Gasteiger partial charge in [-0.1, -0.05) is 17.7 Å². The lowest BCUT2D eigenvalue weighted by Crippen LogP contribution is -2.35. The zero-order valence-corrected chi connectivity index (χ0v) is 12.8. The van der Waals surface area contributed by atoms with Crippen molar-refractivity contribution in [3.05, 3.63) is 70.5 Å². The van der Waals surface area contributed by atoms with E-state index in [-0.39, 0.29) is 19.0 Å². The van der Waals surface area contributed by atoms with Gasteiger partial charge >= 0.3 is 0 Å². The highest BCUT2D eigenvalue weighted by atomic mass is 19.2. The first-order chi connectivity index (χ1) is 11.4. The third-order valence-electron chi connectivity index (χ3n) is 3.29. The highest BCUT2D eigenvalue weighted by molar-refractivity contribution is 5.95. The van der Waals surface area contributed by atoms with Crippen LogP contribution in [0, 0.1) is 24.4 Å². The Morgan fingerprint density at radius 2 is 1.42 bits per heavy atom. The molecule has 0 aliphatic rings. The Bertz CT molecular complexity index is 761. The van der Waals surface area contributed by atoms with Gasteiger partial charge < -0.3 is 10.6 Å². The van der Waals surface area contributed by atoms with Gasteiger partial charge in [-0.05, 0) is 31.2 Å². The van der Waals surface area contributed by atoms with Crippen molar-refractivity contribution in [2.24, 2.45) is 0 Å². The second-order valence-electron chi connectivity index (χ2n) is 5.10. The van der Waals surface area contributed by atoms with E-state index >= 15 is 0 Å². The van der Waals surface area contributed by atoms with Gasteiger partial charge in [0.05, 0.1) is 5.56 Å². The van der Waals surface area contributed by atoms with Gasteiger partial charge in [0.15, 0.2) is 17.5 Å². The lowest BCUT2D eigenvalue weighted by Gasteiger charge is -2.08. The normalized spacial score (nSPS) is 10.3. The average Bonchev–Trinajstić information content (AvgIpc) is 2.57. The predicted molar refractivity (Wildman–Crippen MR) is 82.2 cm³/mol. The molecule has 0 fully saturated rings. The molecule has 2 aromatic carbocycles. The first kappa shape index (κ1) is 17.5. The Labute approximate surface area is 136 Å². The fraction of sp³-hybridized carbons (Fsp3) is 0.176. The first-order valence-electron chi connectivity index (χ1n) is 7.16. The Morgan fingerprint density at radius 3 is 2.04 bits per heavy atom. The summed E-state index contributed by atoms with van der Waals surface area (Å²) in [5.41, 5.74) is 0.893. The fourth-order valence-corrected chi connectivity index (χ4v) is 1.96. The minimum Gasteiger partial charge on any atom is -0.350 e. The number of rotatable bonds is 5. The van der Waals surface area contributed by atoms with Crippen molar-refractivity contribution < 1.29 is 22.8 Å². The van der Waals surface area contributed by atoms with Gasteiger partial charge in [-0.2, -0.15) is 0 Å². The number of carbonyl (C=O) groups is 2. The maximum atomic E-state index is 13.5. The summed E-state index contributed by atoms with van der Waals surface area (Å²) in [5, 5.41) is 4.90. The van der Waals surface area contributed by atoms with Crippen LogP contribution in [0.15, 0.2) is 36.4 Å². The fourth-order valence-electron chi connectivity index (χ4n) is 1.96. The molecule has 0 saturated heterocycles. The molecule has 2 rings (SSSR count). The van der Waals surface area contributed by atoms with E-state index in [1.807, 2.05) is 6.92 Å². The van der Waals surface area contributed by atoms with Crippen molar-refractivity contribution in [3.8, 4) is 0 Å². The van der Waals surface area contributed by atoms with Crippen LogP contribution in [0.4, 0.5) is 13.2 Å². The molecular weight excluding hydrogens is 321 g/mol. The monoisotopic (exact) mass is 336 g/mol. The number of amides is 2. The molecule has 24 heavy (non-hydrogen) atoms. The smallest absolute Gasteiger partial charge is 0.254 e. The molecule has 2 N–H and O–H groups in total. The third-order valence-corrected chi connectivity index (χ3v) is 3.29. The SMILES string of the molecule is Cc1ccc(C(=O)NCCNC(=O)c2ccc(F)c(F)c2F)cc1. The molecule has 0 aliphatic heterocycles. The van der Waals surface area contributed by atoms with Crippen LogP contribution in [0.1, 0.15) is 26.3 Å². The van der Waals surface area contributed by atoms with Crippen molar-refractivity contribution in [3.63, 3.8) is 0 Å². The van der Waals surface area contributed by atoms with E-state index in [4.69, 9.17) is 0 Å². The van der Waals surface area contributed by atoms with Crippen LogP contribution < -0.4 is 10.6 Å². The number of hydrogen-bond acceptors (Lipinski definition) is 2. The molecule has 0 atom stereocenters. The number of hydrogen-bond donors (Lipinski definition) is 2. The molecule has 2 aromatic rings. The Kier molecular flexibility index (Phi) is 5.57. The van der Waals surface area contributed by atoms with Gasteiger partial charge in [-0.15, -0.1) is 0 Å². The van der Waals surface area contributed by atoms with Crippen molar-refractivity contribution in [1.29, 1.82) is 0 Å². The topological polar surface area (TPSA) is 58.2 Å². The number of carbonyl (C=O) groups excluding carboxylic acids is 2. The van der Waals surface area contributed by atoms with E-state index in [1.54, 1.807) is 24.3 Å².